The van der Waals surface area contributed by atoms with Crippen molar-refractivity contribution in [3.8, 4) is 5.75 Å². The Morgan fingerprint density at radius 2 is 2.07 bits per heavy atom. The topological polar surface area (TPSA) is 53.0 Å². The standard InChI is InChI=1S/C20H22FN5OS/c1-14-3-2-4-15(13-14)25-8-10-26(11-9-25)20(28)24-23-17-6-12-27-19-16(21)5-7-22-18(17)19/h2-5,7,13H,6,8-12H2,1H3,(H,24,28)/b23-17-. The number of thiocarbonyl (C=S) groups is 1. The number of nitrogens with zero attached hydrogens (tertiary/aromatic N) is 4. The van der Waals surface area contributed by atoms with Gasteiger partial charge in [-0.1, -0.05) is 12.1 Å². The van der Waals surface area contributed by atoms with E-state index in [9.17, 15) is 4.39 Å². The number of nitrogens with one attached hydrogen (secondary N) is 1. The normalized spacial score (nSPS) is 17.9. The van der Waals surface area contributed by atoms with Gasteiger partial charge in [-0.05, 0) is 42.9 Å². The lowest BCUT2D eigenvalue weighted by Gasteiger charge is -2.37. The van der Waals surface area contributed by atoms with E-state index < -0.39 is 5.82 Å². The van der Waals surface area contributed by atoms with Crippen molar-refractivity contribution in [1.82, 2.24) is 15.3 Å². The molecule has 0 atom stereocenters. The zero-order valence-corrected chi connectivity index (χ0v) is 16.5. The SMILES string of the molecule is Cc1cccc(N2CCN(C(=S)N/N=C3/CCOc4c(F)ccnc43)CC2)c1. The lowest BCUT2D eigenvalue weighted by molar-refractivity contribution is 0.300. The second-order valence-electron chi connectivity index (χ2n) is 6.86. The van der Waals surface area contributed by atoms with Crippen molar-refractivity contribution < 1.29 is 9.13 Å². The number of ether oxygens (including phenoxy) is 1. The lowest BCUT2D eigenvalue weighted by Crippen LogP contribution is -2.51. The van der Waals surface area contributed by atoms with Crippen LogP contribution in [0.4, 0.5) is 10.1 Å². The van der Waals surface area contributed by atoms with E-state index in [4.69, 9.17) is 17.0 Å². The van der Waals surface area contributed by atoms with E-state index in [-0.39, 0.29) is 5.75 Å². The van der Waals surface area contributed by atoms with Crippen LogP contribution in [0.15, 0.2) is 41.6 Å². The minimum absolute atomic E-state index is 0.159. The lowest BCUT2D eigenvalue weighted by atomic mass is 10.1. The van der Waals surface area contributed by atoms with Crippen LogP contribution >= 0.6 is 12.2 Å². The first kappa shape index (κ1) is 18.6. The van der Waals surface area contributed by atoms with Crippen LogP contribution in [0.3, 0.4) is 0 Å². The van der Waals surface area contributed by atoms with Gasteiger partial charge in [-0.2, -0.15) is 5.10 Å². The summed E-state index contributed by atoms with van der Waals surface area (Å²) in [5.74, 6) is -0.265. The maximum Gasteiger partial charge on any atom is 0.189 e. The van der Waals surface area contributed by atoms with Gasteiger partial charge in [0, 0.05) is 44.5 Å². The molecule has 2 aliphatic heterocycles. The zero-order chi connectivity index (χ0) is 19.5. The highest BCUT2D eigenvalue weighted by Crippen LogP contribution is 2.26. The second-order valence-corrected chi connectivity index (χ2v) is 7.24. The number of anilines is 1. The van der Waals surface area contributed by atoms with Crippen LogP contribution in [0.25, 0.3) is 0 Å². The second kappa shape index (κ2) is 8.10. The first-order chi connectivity index (χ1) is 13.6. The third-order valence-electron chi connectivity index (χ3n) is 4.94. The van der Waals surface area contributed by atoms with Gasteiger partial charge in [0.25, 0.3) is 0 Å². The van der Waals surface area contributed by atoms with Crippen molar-refractivity contribution in [2.24, 2.45) is 5.10 Å². The largest absolute Gasteiger partial charge is 0.488 e. The maximum atomic E-state index is 13.9. The summed E-state index contributed by atoms with van der Waals surface area (Å²) < 4.78 is 19.2. The van der Waals surface area contributed by atoms with Gasteiger partial charge >= 0.3 is 0 Å². The summed E-state index contributed by atoms with van der Waals surface area (Å²) in [5, 5.41) is 4.96. The molecular weight excluding hydrogens is 377 g/mol. The maximum absolute atomic E-state index is 13.9. The van der Waals surface area contributed by atoms with Crippen molar-refractivity contribution in [1.29, 1.82) is 0 Å². The van der Waals surface area contributed by atoms with Crippen LogP contribution in [0.2, 0.25) is 0 Å². The molecule has 1 aromatic carbocycles. The van der Waals surface area contributed by atoms with Gasteiger partial charge in [-0.15, -0.1) is 0 Å². The Morgan fingerprint density at radius 3 is 2.86 bits per heavy atom. The predicted molar refractivity (Wildman–Crippen MR) is 112 cm³/mol. The fourth-order valence-corrected chi connectivity index (χ4v) is 3.65. The van der Waals surface area contributed by atoms with Gasteiger partial charge in [0.05, 0.1) is 12.3 Å². The van der Waals surface area contributed by atoms with Crippen molar-refractivity contribution in [3.05, 3.63) is 53.6 Å². The van der Waals surface area contributed by atoms with Gasteiger partial charge in [-0.25, -0.2) is 4.39 Å². The molecule has 8 heteroatoms. The van der Waals surface area contributed by atoms with Crippen LogP contribution in [0.1, 0.15) is 17.7 Å². The fourth-order valence-electron chi connectivity index (χ4n) is 3.42. The van der Waals surface area contributed by atoms with Gasteiger partial charge in [0.2, 0.25) is 0 Å². The van der Waals surface area contributed by atoms with Crippen LogP contribution in [0.5, 0.6) is 5.75 Å². The van der Waals surface area contributed by atoms with Crippen molar-refractivity contribution in [2.45, 2.75) is 13.3 Å². The molecule has 6 nitrogen and oxygen atoms in total. The first-order valence-electron chi connectivity index (χ1n) is 9.32. The van der Waals surface area contributed by atoms with Crippen LogP contribution < -0.4 is 15.1 Å². The molecule has 0 spiro atoms. The highest BCUT2D eigenvalue weighted by Gasteiger charge is 2.23. The number of aryl methyl sites for hydroxylation is 1. The Hall–Kier alpha value is -2.74. The monoisotopic (exact) mass is 399 g/mol. The summed E-state index contributed by atoms with van der Waals surface area (Å²) in [7, 11) is 0. The first-order valence-corrected chi connectivity index (χ1v) is 9.73. The summed E-state index contributed by atoms with van der Waals surface area (Å²) in [6.45, 7) is 5.90. The number of halogens is 1. The van der Waals surface area contributed by atoms with Gasteiger partial charge in [-0.3, -0.25) is 10.4 Å². The number of pyridine rings is 1. The third kappa shape index (κ3) is 3.91. The van der Waals surface area contributed by atoms with E-state index in [0.29, 0.717) is 29.5 Å². The molecule has 0 aliphatic carbocycles. The fraction of sp³-hybridized carbons (Fsp3) is 0.350. The quantitative estimate of drug-likeness (QED) is 0.619. The molecule has 0 bridgehead atoms. The molecule has 1 saturated heterocycles. The molecule has 1 aromatic heterocycles. The predicted octanol–water partition coefficient (Wildman–Crippen LogP) is 2.71. The molecule has 1 fully saturated rings. The molecule has 3 heterocycles. The third-order valence-corrected chi connectivity index (χ3v) is 5.28. The minimum atomic E-state index is -0.424. The number of hydrogen-bond donors (Lipinski definition) is 1. The van der Waals surface area contributed by atoms with E-state index in [2.05, 4.69) is 56.5 Å². The van der Waals surface area contributed by atoms with E-state index >= 15 is 0 Å². The highest BCUT2D eigenvalue weighted by atomic mass is 32.1. The molecule has 0 unspecified atom stereocenters. The summed E-state index contributed by atoms with van der Waals surface area (Å²) in [6.07, 6.45) is 1.97. The smallest absolute Gasteiger partial charge is 0.189 e. The number of rotatable bonds is 2. The molecule has 28 heavy (non-hydrogen) atoms. The van der Waals surface area contributed by atoms with E-state index in [1.54, 1.807) is 0 Å². The van der Waals surface area contributed by atoms with Gasteiger partial charge in [0.1, 0.15) is 5.69 Å². The van der Waals surface area contributed by atoms with Crippen LogP contribution in [0, 0.1) is 12.7 Å². The summed E-state index contributed by atoms with van der Waals surface area (Å²) >= 11 is 5.51. The number of aromatic nitrogens is 1. The summed E-state index contributed by atoms with van der Waals surface area (Å²) in [4.78, 5) is 8.67. The van der Waals surface area contributed by atoms with E-state index in [1.807, 2.05) is 0 Å². The Morgan fingerprint density at radius 1 is 1.25 bits per heavy atom. The van der Waals surface area contributed by atoms with Crippen LogP contribution in [-0.4, -0.2) is 53.5 Å². The Labute approximate surface area is 169 Å². The van der Waals surface area contributed by atoms with Crippen molar-refractivity contribution in [3.63, 3.8) is 0 Å². The zero-order valence-electron chi connectivity index (χ0n) is 15.7. The number of fused-ring (bicyclic) bond motifs is 1. The molecule has 2 aromatic rings. The number of benzene rings is 1. The molecule has 146 valence electrons. The summed E-state index contributed by atoms with van der Waals surface area (Å²) in [6, 6.07) is 9.81. The highest BCUT2D eigenvalue weighted by molar-refractivity contribution is 7.80. The minimum Gasteiger partial charge on any atom is -0.488 e. The van der Waals surface area contributed by atoms with Crippen molar-refractivity contribution >= 4 is 28.7 Å². The van der Waals surface area contributed by atoms with E-state index in [0.717, 1.165) is 26.2 Å². The van der Waals surface area contributed by atoms with Gasteiger partial charge in [0.15, 0.2) is 16.7 Å². The number of piperazine rings is 1. The molecule has 4 rings (SSSR count). The molecule has 0 amide bonds. The average Bonchev–Trinajstić information content (AvgIpc) is 2.72. The average molecular weight is 399 g/mol. The molecular formula is C20H22FN5OS. The molecule has 2 aliphatic rings. The Kier molecular flexibility index (Phi) is 5.38. The van der Waals surface area contributed by atoms with Crippen LogP contribution in [-0.2, 0) is 0 Å². The summed E-state index contributed by atoms with van der Waals surface area (Å²) in [5.41, 5.74) is 6.55. The number of hydrazone groups is 1. The van der Waals surface area contributed by atoms with Gasteiger partial charge < -0.3 is 14.5 Å². The molecule has 0 saturated carbocycles. The Balaban J connectivity index is 1.37. The van der Waals surface area contributed by atoms with Crippen molar-refractivity contribution in [2.75, 3.05) is 37.7 Å². The van der Waals surface area contributed by atoms with E-state index in [1.165, 1.54) is 23.5 Å². The Bertz CT molecular complexity index is 911. The molecule has 1 N–H and O–H groups in total. The molecule has 0 radical (unpaired) electrons. The number of hydrogen-bond acceptors (Lipinski definition) is 5.